The fraction of sp³-hybridized carbons (Fsp3) is 0.0769. The Morgan fingerprint density at radius 3 is 2.61 bits per heavy atom. The first kappa shape index (κ1) is 12.6. The molecular weight excluding hydrogens is 296 g/mol. The van der Waals surface area contributed by atoms with E-state index in [1.165, 1.54) is 0 Å². The summed E-state index contributed by atoms with van der Waals surface area (Å²) >= 11 is 3.30. The highest BCUT2D eigenvalue weighted by Gasteiger charge is 2.18. The van der Waals surface area contributed by atoms with Crippen molar-refractivity contribution < 1.29 is 9.59 Å². The van der Waals surface area contributed by atoms with Gasteiger partial charge >= 0.3 is 0 Å². The summed E-state index contributed by atoms with van der Waals surface area (Å²) in [4.78, 5) is 23.7. The Morgan fingerprint density at radius 2 is 2.00 bits per heavy atom. The summed E-state index contributed by atoms with van der Waals surface area (Å²) < 4.78 is 2.45. The van der Waals surface area contributed by atoms with Gasteiger partial charge in [-0.3, -0.25) is 9.59 Å². The minimum atomic E-state index is -0.644. The van der Waals surface area contributed by atoms with Gasteiger partial charge in [0, 0.05) is 23.4 Å². The van der Waals surface area contributed by atoms with Crippen molar-refractivity contribution in [2.24, 2.45) is 7.05 Å². The van der Waals surface area contributed by atoms with Gasteiger partial charge in [0.1, 0.15) is 0 Å². The highest BCUT2D eigenvalue weighted by Crippen LogP contribution is 2.16. The van der Waals surface area contributed by atoms with E-state index in [0.29, 0.717) is 11.4 Å². The van der Waals surface area contributed by atoms with Crippen LogP contribution in [0, 0.1) is 0 Å². The summed E-state index contributed by atoms with van der Waals surface area (Å²) in [6.45, 7) is 0. The molecular formula is C13H11BrN2O2. The largest absolute Gasteiger partial charge is 0.348 e. The second kappa shape index (κ2) is 5.18. The van der Waals surface area contributed by atoms with Gasteiger partial charge in [-0.25, -0.2) is 0 Å². The monoisotopic (exact) mass is 306 g/mol. The van der Waals surface area contributed by atoms with E-state index < -0.39 is 11.7 Å². The van der Waals surface area contributed by atoms with Gasteiger partial charge in [0.2, 0.25) is 0 Å². The number of nitrogens with one attached hydrogen (secondary N) is 1. The Kier molecular flexibility index (Phi) is 3.62. The summed E-state index contributed by atoms with van der Waals surface area (Å²) in [6.07, 6.45) is 1.72. The van der Waals surface area contributed by atoms with Crippen molar-refractivity contribution in [3.63, 3.8) is 0 Å². The number of halogens is 1. The molecule has 0 aliphatic heterocycles. The van der Waals surface area contributed by atoms with Crippen molar-refractivity contribution in [2.45, 2.75) is 0 Å². The number of nitrogens with zero attached hydrogens (tertiary/aromatic N) is 1. The van der Waals surface area contributed by atoms with Crippen LogP contribution in [0.4, 0.5) is 5.69 Å². The summed E-state index contributed by atoms with van der Waals surface area (Å²) in [6, 6.07) is 10.4. The molecule has 0 radical (unpaired) electrons. The van der Waals surface area contributed by atoms with E-state index in [-0.39, 0.29) is 0 Å². The normalized spacial score (nSPS) is 10.1. The molecule has 1 heterocycles. The maximum Gasteiger partial charge on any atom is 0.298 e. The minimum absolute atomic E-state index is 0.363. The van der Waals surface area contributed by atoms with E-state index in [0.717, 1.165) is 4.47 Å². The lowest BCUT2D eigenvalue weighted by Gasteiger charge is -2.05. The van der Waals surface area contributed by atoms with Crippen LogP contribution in [-0.4, -0.2) is 16.3 Å². The van der Waals surface area contributed by atoms with E-state index in [1.54, 1.807) is 48.1 Å². The van der Waals surface area contributed by atoms with Crippen molar-refractivity contribution in [1.29, 1.82) is 0 Å². The molecule has 0 aliphatic carbocycles. The third kappa shape index (κ3) is 2.68. The number of amides is 1. The number of anilines is 1. The van der Waals surface area contributed by atoms with Gasteiger partial charge in [-0.15, -0.1) is 0 Å². The summed E-state index contributed by atoms with van der Waals surface area (Å²) in [5.41, 5.74) is 0.944. The number of rotatable bonds is 3. The number of carbonyl (C=O) groups is 2. The molecule has 1 aromatic carbocycles. The van der Waals surface area contributed by atoms with Crippen molar-refractivity contribution in [3.8, 4) is 0 Å². The number of hydrogen-bond acceptors (Lipinski definition) is 2. The number of aryl methyl sites for hydroxylation is 1. The summed E-state index contributed by atoms with van der Waals surface area (Å²) in [5, 5.41) is 2.57. The zero-order valence-corrected chi connectivity index (χ0v) is 11.3. The first-order valence-electron chi connectivity index (χ1n) is 5.30. The average molecular weight is 307 g/mol. The van der Waals surface area contributed by atoms with E-state index in [1.807, 2.05) is 6.07 Å². The van der Waals surface area contributed by atoms with Gasteiger partial charge in [-0.05, 0) is 30.3 Å². The molecule has 1 N–H and O–H groups in total. The Balaban J connectivity index is 2.14. The van der Waals surface area contributed by atoms with Crippen LogP contribution in [0.1, 0.15) is 10.5 Å². The van der Waals surface area contributed by atoms with E-state index in [2.05, 4.69) is 21.2 Å². The second-order valence-electron chi connectivity index (χ2n) is 3.80. The minimum Gasteiger partial charge on any atom is -0.348 e. The predicted octanol–water partition coefficient (Wildman–Crippen LogP) is 2.61. The third-order valence-electron chi connectivity index (χ3n) is 2.47. The molecule has 1 aromatic heterocycles. The van der Waals surface area contributed by atoms with E-state index in [4.69, 9.17) is 0 Å². The maximum absolute atomic E-state index is 11.9. The lowest BCUT2D eigenvalue weighted by atomic mass is 10.2. The Bertz CT molecular complexity index is 605. The zero-order chi connectivity index (χ0) is 13.1. The van der Waals surface area contributed by atoms with E-state index >= 15 is 0 Å². The number of ketones is 1. The van der Waals surface area contributed by atoms with Crippen LogP contribution < -0.4 is 5.32 Å². The first-order valence-corrected chi connectivity index (χ1v) is 6.10. The van der Waals surface area contributed by atoms with Crippen LogP contribution in [0.15, 0.2) is 47.1 Å². The molecule has 0 fully saturated rings. The molecule has 2 aromatic rings. The number of benzene rings is 1. The summed E-state index contributed by atoms with van der Waals surface area (Å²) in [5.74, 6) is -1.20. The molecule has 2 rings (SSSR count). The first-order chi connectivity index (χ1) is 8.58. The molecule has 4 nitrogen and oxygen atoms in total. The SMILES string of the molecule is Cn1cccc1C(=O)C(=O)Nc1cccc(Br)c1. The van der Waals surface area contributed by atoms with Gasteiger partial charge in [0.15, 0.2) is 0 Å². The standard InChI is InChI=1S/C13H11BrN2O2/c1-16-7-3-6-11(16)12(17)13(18)15-10-5-2-4-9(14)8-10/h2-8H,1H3,(H,15,18). The molecule has 0 unspecified atom stereocenters. The second-order valence-corrected chi connectivity index (χ2v) is 4.71. The Hall–Kier alpha value is -1.88. The highest BCUT2D eigenvalue weighted by molar-refractivity contribution is 9.10. The van der Waals surface area contributed by atoms with Crippen LogP contribution in [0.2, 0.25) is 0 Å². The number of aromatic nitrogens is 1. The van der Waals surface area contributed by atoms with Crippen molar-refractivity contribution >= 4 is 33.3 Å². The Morgan fingerprint density at radius 1 is 1.22 bits per heavy atom. The predicted molar refractivity (Wildman–Crippen MR) is 72.5 cm³/mol. The van der Waals surface area contributed by atoms with Crippen molar-refractivity contribution in [1.82, 2.24) is 4.57 Å². The van der Waals surface area contributed by atoms with Crippen molar-refractivity contribution in [3.05, 3.63) is 52.8 Å². The molecule has 0 saturated heterocycles. The number of Topliss-reactive ketones (excluding diaryl/α,β-unsaturated/α-hetero) is 1. The Labute approximate surface area is 113 Å². The molecule has 5 heteroatoms. The topological polar surface area (TPSA) is 51.1 Å². The lowest BCUT2D eigenvalue weighted by Crippen LogP contribution is -2.24. The van der Waals surface area contributed by atoms with Crippen molar-refractivity contribution in [2.75, 3.05) is 5.32 Å². The molecule has 0 atom stereocenters. The van der Waals surface area contributed by atoms with Crippen LogP contribution >= 0.6 is 15.9 Å². The summed E-state index contributed by atoms with van der Waals surface area (Å²) in [7, 11) is 1.72. The van der Waals surface area contributed by atoms with E-state index in [9.17, 15) is 9.59 Å². The third-order valence-corrected chi connectivity index (χ3v) is 2.96. The van der Waals surface area contributed by atoms with Gasteiger partial charge < -0.3 is 9.88 Å². The lowest BCUT2D eigenvalue weighted by molar-refractivity contribution is -0.112. The smallest absolute Gasteiger partial charge is 0.298 e. The van der Waals surface area contributed by atoms with Gasteiger partial charge in [0.25, 0.3) is 11.7 Å². The van der Waals surface area contributed by atoms with Crippen LogP contribution in [0.5, 0.6) is 0 Å². The molecule has 1 amide bonds. The molecule has 0 aliphatic rings. The quantitative estimate of drug-likeness (QED) is 0.700. The van der Waals surface area contributed by atoms with Crippen LogP contribution in [-0.2, 0) is 11.8 Å². The zero-order valence-electron chi connectivity index (χ0n) is 9.68. The maximum atomic E-state index is 11.9. The van der Waals surface area contributed by atoms with Gasteiger partial charge in [-0.1, -0.05) is 22.0 Å². The molecule has 0 saturated carbocycles. The number of carbonyl (C=O) groups excluding carboxylic acids is 2. The molecule has 0 bridgehead atoms. The highest BCUT2D eigenvalue weighted by atomic mass is 79.9. The van der Waals surface area contributed by atoms with Gasteiger partial charge in [0.05, 0.1) is 5.69 Å². The fourth-order valence-electron chi connectivity index (χ4n) is 1.57. The molecule has 18 heavy (non-hydrogen) atoms. The molecule has 92 valence electrons. The molecule has 0 spiro atoms. The van der Waals surface area contributed by atoms with Crippen LogP contribution in [0.25, 0.3) is 0 Å². The number of hydrogen-bond donors (Lipinski definition) is 1. The van der Waals surface area contributed by atoms with Crippen LogP contribution in [0.3, 0.4) is 0 Å². The van der Waals surface area contributed by atoms with Gasteiger partial charge in [-0.2, -0.15) is 0 Å². The fourth-order valence-corrected chi connectivity index (χ4v) is 1.97. The average Bonchev–Trinajstić information content (AvgIpc) is 2.74.